The number of nitrogens with one attached hydrogen (secondary N) is 2. The number of hydrogen-bond acceptors (Lipinski definition) is 6. The van der Waals surface area contributed by atoms with Crippen molar-refractivity contribution in [2.45, 2.75) is 24.5 Å². The van der Waals surface area contributed by atoms with Gasteiger partial charge in [0.25, 0.3) is 5.91 Å². The molecular formula is C19H16F2N2O5S. The molecule has 2 aromatic carbocycles. The summed E-state index contributed by atoms with van der Waals surface area (Å²) in [5.74, 6) is -1.57. The molecule has 1 heterocycles. The maximum atomic E-state index is 12.5. The van der Waals surface area contributed by atoms with Crippen LogP contribution in [-0.2, 0) is 14.3 Å². The zero-order chi connectivity index (χ0) is 21.0. The number of carbonyl (C=O) groups excluding carboxylic acids is 3. The molecule has 1 aliphatic heterocycles. The lowest BCUT2D eigenvalue weighted by atomic mass is 10.2. The first kappa shape index (κ1) is 20.6. The van der Waals surface area contributed by atoms with Gasteiger partial charge in [-0.3, -0.25) is 9.59 Å². The third kappa shape index (κ3) is 5.23. The van der Waals surface area contributed by atoms with Crippen molar-refractivity contribution in [2.75, 3.05) is 16.4 Å². The van der Waals surface area contributed by atoms with E-state index in [0.717, 1.165) is 4.90 Å². The predicted molar refractivity (Wildman–Crippen MR) is 102 cm³/mol. The van der Waals surface area contributed by atoms with Crippen molar-refractivity contribution in [1.82, 2.24) is 0 Å². The molecule has 1 atom stereocenters. The number of anilines is 2. The molecule has 7 nitrogen and oxygen atoms in total. The number of hydrogen-bond donors (Lipinski definition) is 2. The minimum Gasteiger partial charge on any atom is -0.449 e. The maximum Gasteiger partial charge on any atom is 0.387 e. The molecule has 0 aromatic heterocycles. The normalized spacial score (nSPS) is 13.9. The number of fused-ring (bicyclic) bond motifs is 1. The van der Waals surface area contributed by atoms with Crippen LogP contribution in [-0.4, -0.2) is 36.3 Å². The fourth-order valence-electron chi connectivity index (χ4n) is 2.50. The predicted octanol–water partition coefficient (Wildman–Crippen LogP) is 3.52. The van der Waals surface area contributed by atoms with E-state index < -0.39 is 24.6 Å². The Labute approximate surface area is 168 Å². The second-order valence-electron chi connectivity index (χ2n) is 5.96. The highest BCUT2D eigenvalue weighted by Gasteiger charge is 2.22. The molecular weight excluding hydrogens is 406 g/mol. The highest BCUT2D eigenvalue weighted by Crippen LogP contribution is 2.32. The van der Waals surface area contributed by atoms with Crippen LogP contribution >= 0.6 is 11.8 Å². The second-order valence-corrected chi connectivity index (χ2v) is 6.98. The van der Waals surface area contributed by atoms with Crippen LogP contribution in [0.15, 0.2) is 47.4 Å². The van der Waals surface area contributed by atoms with Crippen molar-refractivity contribution < 1.29 is 32.6 Å². The largest absolute Gasteiger partial charge is 0.449 e. The van der Waals surface area contributed by atoms with E-state index in [1.54, 1.807) is 6.07 Å². The van der Waals surface area contributed by atoms with E-state index in [1.807, 2.05) is 0 Å². The number of benzene rings is 2. The summed E-state index contributed by atoms with van der Waals surface area (Å²) in [5, 5.41) is 5.06. The summed E-state index contributed by atoms with van der Waals surface area (Å²) in [6, 6.07) is 10.3. The zero-order valence-corrected chi connectivity index (χ0v) is 15.9. The Balaban J connectivity index is 1.65. The van der Waals surface area contributed by atoms with Gasteiger partial charge in [0.2, 0.25) is 5.91 Å². The third-order valence-corrected chi connectivity index (χ3v) is 4.94. The van der Waals surface area contributed by atoms with Gasteiger partial charge in [0.05, 0.1) is 22.7 Å². The Hall–Kier alpha value is -3.14. The highest BCUT2D eigenvalue weighted by molar-refractivity contribution is 8.00. The number of thioether (sulfide) groups is 1. The minimum atomic E-state index is -3.05. The maximum absolute atomic E-state index is 12.5. The van der Waals surface area contributed by atoms with Gasteiger partial charge in [0.15, 0.2) is 6.10 Å². The van der Waals surface area contributed by atoms with Crippen LogP contribution in [0.3, 0.4) is 0 Å². The van der Waals surface area contributed by atoms with E-state index in [9.17, 15) is 23.2 Å². The minimum absolute atomic E-state index is 0.0224. The van der Waals surface area contributed by atoms with Gasteiger partial charge in [0.1, 0.15) is 5.75 Å². The first-order valence-electron chi connectivity index (χ1n) is 8.46. The molecule has 1 unspecified atom stereocenters. The van der Waals surface area contributed by atoms with Crippen LogP contribution in [0.4, 0.5) is 20.2 Å². The van der Waals surface area contributed by atoms with Gasteiger partial charge in [-0.2, -0.15) is 8.78 Å². The zero-order valence-electron chi connectivity index (χ0n) is 15.1. The Morgan fingerprint density at radius 2 is 1.97 bits per heavy atom. The Morgan fingerprint density at radius 1 is 1.21 bits per heavy atom. The van der Waals surface area contributed by atoms with Gasteiger partial charge >= 0.3 is 12.6 Å². The van der Waals surface area contributed by atoms with Crippen LogP contribution in [0, 0.1) is 0 Å². The molecule has 2 N–H and O–H groups in total. The lowest BCUT2D eigenvalue weighted by Crippen LogP contribution is -2.30. The smallest absolute Gasteiger partial charge is 0.387 e. The Bertz CT molecular complexity index is 954. The number of alkyl halides is 2. The summed E-state index contributed by atoms with van der Waals surface area (Å²) in [5.41, 5.74) is 0.678. The number of halogens is 2. The number of para-hydroxylation sites is 2. The van der Waals surface area contributed by atoms with E-state index in [1.165, 1.54) is 55.1 Å². The summed E-state index contributed by atoms with van der Waals surface area (Å²) in [6.45, 7) is -1.70. The van der Waals surface area contributed by atoms with Crippen molar-refractivity contribution in [3.05, 3.63) is 48.0 Å². The quantitative estimate of drug-likeness (QED) is 0.692. The molecule has 10 heteroatoms. The van der Waals surface area contributed by atoms with Crippen molar-refractivity contribution >= 4 is 40.9 Å². The first-order valence-corrected chi connectivity index (χ1v) is 9.44. The summed E-state index contributed by atoms with van der Waals surface area (Å²) < 4.78 is 34.4. The van der Waals surface area contributed by atoms with Gasteiger partial charge in [-0.25, -0.2) is 4.79 Å². The molecule has 2 aromatic rings. The molecule has 0 saturated heterocycles. The number of amides is 2. The average molecular weight is 422 g/mol. The van der Waals surface area contributed by atoms with E-state index in [4.69, 9.17) is 4.74 Å². The van der Waals surface area contributed by atoms with E-state index in [0.29, 0.717) is 11.4 Å². The lowest BCUT2D eigenvalue weighted by Gasteiger charge is -2.18. The number of esters is 1. The van der Waals surface area contributed by atoms with Crippen LogP contribution in [0.2, 0.25) is 0 Å². The molecule has 2 amide bonds. The summed E-state index contributed by atoms with van der Waals surface area (Å²) >= 11 is 1.35. The van der Waals surface area contributed by atoms with Crippen molar-refractivity contribution in [1.29, 1.82) is 0 Å². The van der Waals surface area contributed by atoms with Crippen LogP contribution < -0.4 is 15.4 Å². The highest BCUT2D eigenvalue weighted by atomic mass is 32.2. The van der Waals surface area contributed by atoms with Crippen LogP contribution in [0.25, 0.3) is 0 Å². The van der Waals surface area contributed by atoms with Gasteiger partial charge in [-0.05, 0) is 37.3 Å². The summed E-state index contributed by atoms with van der Waals surface area (Å²) in [7, 11) is 0. The number of rotatable bonds is 6. The van der Waals surface area contributed by atoms with E-state index >= 15 is 0 Å². The monoisotopic (exact) mass is 422 g/mol. The molecule has 0 bridgehead atoms. The van der Waals surface area contributed by atoms with Crippen molar-refractivity contribution in [3.8, 4) is 5.75 Å². The Kier molecular flexibility index (Phi) is 6.32. The second kappa shape index (κ2) is 8.91. The number of carbonyl (C=O) groups is 3. The molecule has 1 aliphatic rings. The molecule has 0 spiro atoms. The summed E-state index contributed by atoms with van der Waals surface area (Å²) in [4.78, 5) is 37.0. The molecule has 0 fully saturated rings. The van der Waals surface area contributed by atoms with Crippen LogP contribution in [0.1, 0.15) is 17.3 Å². The fraction of sp³-hybridized carbons (Fsp3) is 0.211. The van der Waals surface area contributed by atoms with Gasteiger partial charge in [-0.15, -0.1) is 11.8 Å². The molecule has 0 aliphatic carbocycles. The van der Waals surface area contributed by atoms with Crippen molar-refractivity contribution in [2.24, 2.45) is 0 Å². The fourth-order valence-corrected chi connectivity index (χ4v) is 3.28. The standard InChI is InChI=1S/C19H16F2N2O5S/c1-10(17(25)23-12-4-2-3-5-14(12)28-19(20)21)27-18(26)11-6-7-15-13(8-11)22-16(24)9-29-15/h2-8,10,19H,9H2,1H3,(H,22,24)(H,23,25). The van der Waals surface area contributed by atoms with E-state index in [-0.39, 0.29) is 22.9 Å². The van der Waals surface area contributed by atoms with Crippen LogP contribution in [0.5, 0.6) is 5.75 Å². The van der Waals surface area contributed by atoms with Crippen molar-refractivity contribution in [3.63, 3.8) is 0 Å². The molecule has 0 radical (unpaired) electrons. The topological polar surface area (TPSA) is 93.7 Å². The summed E-state index contributed by atoms with van der Waals surface area (Å²) in [6.07, 6.45) is -1.21. The molecule has 29 heavy (non-hydrogen) atoms. The molecule has 0 saturated carbocycles. The number of ether oxygens (including phenoxy) is 2. The SMILES string of the molecule is CC(OC(=O)c1ccc2c(c1)NC(=O)CS2)C(=O)Nc1ccccc1OC(F)F. The first-order chi connectivity index (χ1) is 13.8. The third-order valence-electron chi connectivity index (χ3n) is 3.86. The molecule has 3 rings (SSSR count). The average Bonchev–Trinajstić information content (AvgIpc) is 2.68. The van der Waals surface area contributed by atoms with Gasteiger partial charge in [-0.1, -0.05) is 12.1 Å². The Morgan fingerprint density at radius 3 is 2.72 bits per heavy atom. The lowest BCUT2D eigenvalue weighted by molar-refractivity contribution is -0.123. The van der Waals surface area contributed by atoms with Gasteiger partial charge in [0, 0.05) is 4.90 Å². The van der Waals surface area contributed by atoms with E-state index in [2.05, 4.69) is 15.4 Å². The molecule has 152 valence electrons. The van der Waals surface area contributed by atoms with Gasteiger partial charge < -0.3 is 20.1 Å².